The lowest BCUT2D eigenvalue weighted by atomic mass is 9.99. The summed E-state index contributed by atoms with van der Waals surface area (Å²) in [6.07, 6.45) is 1.04. The first-order chi connectivity index (χ1) is 13.9. The van der Waals surface area contributed by atoms with Crippen LogP contribution in [0, 0.1) is 0 Å². The molecule has 0 unspecified atom stereocenters. The number of anilines is 1. The van der Waals surface area contributed by atoms with E-state index in [9.17, 15) is 9.59 Å². The summed E-state index contributed by atoms with van der Waals surface area (Å²) in [7, 11) is 4.37. The van der Waals surface area contributed by atoms with Crippen molar-refractivity contribution in [1.29, 1.82) is 0 Å². The summed E-state index contributed by atoms with van der Waals surface area (Å²) >= 11 is 0. The molecule has 0 heterocycles. The molecule has 0 aliphatic heterocycles. The minimum atomic E-state index is -0.675. The quantitative estimate of drug-likeness (QED) is 0.639. The van der Waals surface area contributed by atoms with E-state index in [4.69, 9.17) is 18.9 Å². The van der Waals surface area contributed by atoms with Gasteiger partial charge in [0.05, 0.1) is 26.9 Å². The van der Waals surface area contributed by atoms with Gasteiger partial charge in [-0.15, -0.1) is 0 Å². The standard InChI is InChI=1S/C22H27NO6/c1-6-14(2)15-7-9-17(10-8-15)23-20(24)13-29-22(25)16-11-18(26-3)21(28-5)19(12-16)27-4/h7-12,14H,6,13H2,1-5H3,(H,23,24)/t14-/m1/s1. The van der Waals surface area contributed by atoms with E-state index in [1.165, 1.54) is 39.0 Å². The van der Waals surface area contributed by atoms with E-state index in [-0.39, 0.29) is 5.56 Å². The molecule has 2 aromatic rings. The smallest absolute Gasteiger partial charge is 0.338 e. The van der Waals surface area contributed by atoms with Crippen LogP contribution in [0.1, 0.15) is 42.1 Å². The number of esters is 1. The van der Waals surface area contributed by atoms with Gasteiger partial charge in [0.2, 0.25) is 5.75 Å². The van der Waals surface area contributed by atoms with Gasteiger partial charge in [0.1, 0.15) is 0 Å². The maximum Gasteiger partial charge on any atom is 0.338 e. The van der Waals surface area contributed by atoms with Crippen molar-refractivity contribution in [3.05, 3.63) is 47.5 Å². The molecule has 156 valence electrons. The summed E-state index contributed by atoms with van der Waals surface area (Å²) in [6.45, 7) is 3.86. The van der Waals surface area contributed by atoms with Crippen molar-refractivity contribution in [3.63, 3.8) is 0 Å². The van der Waals surface area contributed by atoms with Crippen molar-refractivity contribution in [1.82, 2.24) is 0 Å². The fourth-order valence-corrected chi connectivity index (χ4v) is 2.74. The molecule has 0 aliphatic rings. The number of rotatable bonds is 9. The number of nitrogens with one attached hydrogen (secondary N) is 1. The summed E-state index contributed by atoms with van der Waals surface area (Å²) in [5.74, 6) is 0.368. The van der Waals surface area contributed by atoms with Crippen LogP contribution in [0.15, 0.2) is 36.4 Å². The molecule has 0 radical (unpaired) electrons. The summed E-state index contributed by atoms with van der Waals surface area (Å²) in [4.78, 5) is 24.4. The van der Waals surface area contributed by atoms with E-state index >= 15 is 0 Å². The van der Waals surface area contributed by atoms with Crippen LogP contribution in [-0.4, -0.2) is 39.8 Å². The molecule has 7 nitrogen and oxygen atoms in total. The highest BCUT2D eigenvalue weighted by molar-refractivity contribution is 5.96. The van der Waals surface area contributed by atoms with Gasteiger partial charge in [-0.05, 0) is 42.2 Å². The lowest BCUT2D eigenvalue weighted by Gasteiger charge is -2.14. The van der Waals surface area contributed by atoms with E-state index in [1.54, 1.807) is 0 Å². The van der Waals surface area contributed by atoms with Crippen LogP contribution < -0.4 is 19.5 Å². The predicted octanol–water partition coefficient (Wildman–Crippen LogP) is 4.02. The van der Waals surface area contributed by atoms with Crippen molar-refractivity contribution in [2.24, 2.45) is 0 Å². The van der Waals surface area contributed by atoms with Crippen LogP contribution in [0.4, 0.5) is 5.69 Å². The van der Waals surface area contributed by atoms with Crippen molar-refractivity contribution in [2.75, 3.05) is 33.3 Å². The number of carbonyl (C=O) groups is 2. The second kappa shape index (κ2) is 10.4. The van der Waals surface area contributed by atoms with E-state index in [2.05, 4.69) is 19.2 Å². The van der Waals surface area contributed by atoms with Crippen LogP contribution >= 0.6 is 0 Å². The zero-order valence-corrected chi connectivity index (χ0v) is 17.4. The van der Waals surface area contributed by atoms with Gasteiger partial charge in [-0.3, -0.25) is 4.79 Å². The Labute approximate surface area is 170 Å². The Morgan fingerprint density at radius 3 is 2.03 bits per heavy atom. The molecule has 0 saturated heterocycles. The Balaban J connectivity index is 1.99. The number of methoxy groups -OCH3 is 3. The van der Waals surface area contributed by atoms with Gasteiger partial charge in [0.15, 0.2) is 18.1 Å². The normalized spacial score (nSPS) is 11.3. The van der Waals surface area contributed by atoms with E-state index < -0.39 is 18.5 Å². The second-order valence-electron chi connectivity index (χ2n) is 6.47. The summed E-state index contributed by atoms with van der Waals surface area (Å²) in [6, 6.07) is 10.6. The van der Waals surface area contributed by atoms with Crippen LogP contribution in [0.5, 0.6) is 17.2 Å². The molecule has 0 spiro atoms. The number of hydrogen-bond donors (Lipinski definition) is 1. The van der Waals surface area contributed by atoms with Gasteiger partial charge in [-0.25, -0.2) is 4.79 Å². The third kappa shape index (κ3) is 5.63. The maximum absolute atomic E-state index is 12.3. The number of ether oxygens (including phenoxy) is 4. The highest BCUT2D eigenvalue weighted by Gasteiger charge is 2.18. The molecule has 0 fully saturated rings. The fourth-order valence-electron chi connectivity index (χ4n) is 2.74. The zero-order valence-electron chi connectivity index (χ0n) is 17.4. The molecule has 0 aromatic heterocycles. The summed E-state index contributed by atoms with van der Waals surface area (Å²) in [5.41, 5.74) is 2.04. The molecule has 1 amide bonds. The van der Waals surface area contributed by atoms with Gasteiger partial charge in [0.25, 0.3) is 5.91 Å². The van der Waals surface area contributed by atoms with Crippen LogP contribution in [0.25, 0.3) is 0 Å². The van der Waals surface area contributed by atoms with Gasteiger partial charge in [-0.1, -0.05) is 26.0 Å². The summed E-state index contributed by atoms with van der Waals surface area (Å²) < 4.78 is 20.8. The minimum absolute atomic E-state index is 0.185. The third-order valence-electron chi connectivity index (χ3n) is 4.61. The molecule has 0 saturated carbocycles. The van der Waals surface area contributed by atoms with Gasteiger partial charge in [0, 0.05) is 5.69 Å². The summed E-state index contributed by atoms with van der Waals surface area (Å²) in [5, 5.41) is 2.71. The number of carbonyl (C=O) groups excluding carboxylic acids is 2. The molecular formula is C22H27NO6. The van der Waals surface area contributed by atoms with E-state index in [0.717, 1.165) is 6.42 Å². The fraction of sp³-hybridized carbons (Fsp3) is 0.364. The molecule has 7 heteroatoms. The first-order valence-electron chi connectivity index (χ1n) is 9.30. The Hall–Kier alpha value is -3.22. The van der Waals surface area contributed by atoms with Gasteiger partial charge >= 0.3 is 5.97 Å². The predicted molar refractivity (Wildman–Crippen MR) is 110 cm³/mol. The molecule has 1 N–H and O–H groups in total. The first-order valence-corrected chi connectivity index (χ1v) is 9.30. The second-order valence-corrected chi connectivity index (χ2v) is 6.47. The molecule has 2 aromatic carbocycles. The first kappa shape index (κ1) is 22.1. The van der Waals surface area contributed by atoms with Crippen molar-refractivity contribution < 1.29 is 28.5 Å². The Kier molecular flexibility index (Phi) is 7.88. The Morgan fingerprint density at radius 1 is 0.966 bits per heavy atom. The lowest BCUT2D eigenvalue weighted by Crippen LogP contribution is -2.21. The highest BCUT2D eigenvalue weighted by Crippen LogP contribution is 2.38. The van der Waals surface area contributed by atoms with Gasteiger partial charge in [-0.2, -0.15) is 0 Å². The molecule has 0 bridgehead atoms. The van der Waals surface area contributed by atoms with Crippen LogP contribution in [0.2, 0.25) is 0 Å². The molecular weight excluding hydrogens is 374 g/mol. The molecule has 29 heavy (non-hydrogen) atoms. The minimum Gasteiger partial charge on any atom is -0.493 e. The monoisotopic (exact) mass is 401 g/mol. The van der Waals surface area contributed by atoms with Gasteiger partial charge < -0.3 is 24.3 Å². The topological polar surface area (TPSA) is 83.1 Å². The van der Waals surface area contributed by atoms with Crippen molar-refractivity contribution in [2.45, 2.75) is 26.2 Å². The van der Waals surface area contributed by atoms with E-state index in [0.29, 0.717) is 28.9 Å². The van der Waals surface area contributed by atoms with Crippen molar-refractivity contribution in [3.8, 4) is 17.2 Å². The zero-order chi connectivity index (χ0) is 21.4. The van der Waals surface area contributed by atoms with Crippen LogP contribution in [0.3, 0.4) is 0 Å². The lowest BCUT2D eigenvalue weighted by molar-refractivity contribution is -0.119. The van der Waals surface area contributed by atoms with E-state index in [1.807, 2.05) is 24.3 Å². The largest absolute Gasteiger partial charge is 0.493 e. The average Bonchev–Trinajstić information content (AvgIpc) is 2.76. The number of benzene rings is 2. The number of amides is 1. The molecule has 0 aliphatic carbocycles. The maximum atomic E-state index is 12.3. The number of hydrogen-bond acceptors (Lipinski definition) is 6. The molecule has 2 rings (SSSR count). The molecule has 1 atom stereocenters. The average molecular weight is 401 g/mol. The highest BCUT2D eigenvalue weighted by atomic mass is 16.5. The Morgan fingerprint density at radius 2 is 1.55 bits per heavy atom. The van der Waals surface area contributed by atoms with Crippen molar-refractivity contribution >= 4 is 17.6 Å². The van der Waals surface area contributed by atoms with Crippen LogP contribution in [-0.2, 0) is 9.53 Å². The third-order valence-corrected chi connectivity index (χ3v) is 4.61. The SMILES string of the molecule is CC[C@@H](C)c1ccc(NC(=O)COC(=O)c2cc(OC)c(OC)c(OC)c2)cc1. The Bertz CT molecular complexity index is 822.